The Morgan fingerprint density at radius 1 is 1.18 bits per heavy atom. The molecule has 2 amide bonds. The average molecular weight is 537 g/mol. The number of piperazine rings is 1. The topological polar surface area (TPSA) is 87.0 Å². The van der Waals surface area contributed by atoms with Gasteiger partial charge >= 0.3 is 0 Å². The van der Waals surface area contributed by atoms with Crippen molar-refractivity contribution in [3.8, 4) is 0 Å². The molecule has 2 aromatic rings. The number of hydrogen-bond donors (Lipinski definition) is 0. The van der Waals surface area contributed by atoms with Gasteiger partial charge in [0.25, 0.3) is 17.5 Å². The summed E-state index contributed by atoms with van der Waals surface area (Å²) in [6, 6.07) is 8.50. The lowest BCUT2D eigenvalue weighted by Crippen LogP contribution is -2.52. The SMILES string of the molecule is Cc1ccc(C(=O)N2CCN(CCN(CC3=CCC4CC3C4(C)C)C(=O)c3cccs3)CC2)cc1[N+](=O)[O-]. The molecule has 1 aromatic carbocycles. The van der Waals surface area contributed by atoms with Crippen LogP contribution in [0.4, 0.5) is 5.69 Å². The number of allylic oxidation sites excluding steroid dienone is 1. The van der Waals surface area contributed by atoms with Gasteiger partial charge in [0, 0.05) is 63.0 Å². The molecule has 9 heteroatoms. The summed E-state index contributed by atoms with van der Waals surface area (Å²) in [6.45, 7) is 11.0. The van der Waals surface area contributed by atoms with E-state index in [0.717, 1.165) is 23.8 Å². The second kappa shape index (κ2) is 10.6. The van der Waals surface area contributed by atoms with Gasteiger partial charge in [0.2, 0.25) is 0 Å². The third-order valence-electron chi connectivity index (χ3n) is 8.97. The Morgan fingerprint density at radius 2 is 1.95 bits per heavy atom. The first-order valence-electron chi connectivity index (χ1n) is 13.4. The molecule has 1 saturated heterocycles. The molecule has 2 heterocycles. The van der Waals surface area contributed by atoms with Gasteiger partial charge in [0.15, 0.2) is 0 Å². The van der Waals surface area contributed by atoms with Crippen LogP contribution in [0.5, 0.6) is 0 Å². The number of rotatable bonds is 8. The minimum atomic E-state index is -0.444. The summed E-state index contributed by atoms with van der Waals surface area (Å²) >= 11 is 1.49. The van der Waals surface area contributed by atoms with E-state index in [1.165, 1.54) is 29.4 Å². The molecular formula is C29H36N4O4S. The predicted octanol–water partition coefficient (Wildman–Crippen LogP) is 4.86. The molecule has 1 saturated carbocycles. The molecule has 2 fully saturated rings. The Bertz CT molecular complexity index is 1250. The van der Waals surface area contributed by atoms with E-state index >= 15 is 0 Å². The van der Waals surface area contributed by atoms with Crippen LogP contribution < -0.4 is 0 Å². The van der Waals surface area contributed by atoms with Crippen molar-refractivity contribution in [3.05, 3.63) is 73.5 Å². The van der Waals surface area contributed by atoms with E-state index in [4.69, 9.17) is 0 Å². The van der Waals surface area contributed by atoms with Crippen molar-refractivity contribution in [2.45, 2.75) is 33.6 Å². The number of amides is 2. The summed E-state index contributed by atoms with van der Waals surface area (Å²) < 4.78 is 0. The number of nitro benzene ring substituents is 1. The molecular weight excluding hydrogens is 500 g/mol. The fraction of sp³-hybridized carbons (Fsp3) is 0.517. The van der Waals surface area contributed by atoms with Gasteiger partial charge in [-0.05, 0) is 54.5 Å². The van der Waals surface area contributed by atoms with Gasteiger partial charge in [-0.2, -0.15) is 0 Å². The third-order valence-corrected chi connectivity index (χ3v) is 9.83. The maximum atomic E-state index is 13.4. The van der Waals surface area contributed by atoms with Crippen LogP contribution in [-0.4, -0.2) is 77.3 Å². The van der Waals surface area contributed by atoms with Crippen LogP contribution in [0.25, 0.3) is 0 Å². The van der Waals surface area contributed by atoms with Gasteiger partial charge in [0.1, 0.15) is 0 Å². The number of nitro groups is 1. The Morgan fingerprint density at radius 3 is 2.58 bits per heavy atom. The summed E-state index contributed by atoms with van der Waals surface area (Å²) in [6.07, 6.45) is 4.72. The van der Waals surface area contributed by atoms with Crippen molar-refractivity contribution in [2.24, 2.45) is 17.3 Å². The van der Waals surface area contributed by atoms with Crippen LogP contribution in [0, 0.1) is 34.3 Å². The number of carbonyl (C=O) groups is 2. The quantitative estimate of drug-likeness (QED) is 0.273. The lowest BCUT2D eigenvalue weighted by molar-refractivity contribution is -0.385. The van der Waals surface area contributed by atoms with Crippen molar-refractivity contribution in [1.29, 1.82) is 0 Å². The maximum Gasteiger partial charge on any atom is 0.273 e. The van der Waals surface area contributed by atoms with E-state index in [1.807, 2.05) is 22.4 Å². The lowest BCUT2D eigenvalue weighted by Gasteiger charge is -2.57. The molecule has 3 aliphatic carbocycles. The molecule has 202 valence electrons. The van der Waals surface area contributed by atoms with E-state index in [1.54, 1.807) is 24.0 Å². The number of aryl methyl sites for hydroxylation is 1. The molecule has 6 rings (SSSR count). The lowest BCUT2D eigenvalue weighted by atomic mass is 9.49. The number of thiophene rings is 1. The van der Waals surface area contributed by atoms with Crippen molar-refractivity contribution in [2.75, 3.05) is 45.8 Å². The normalized spacial score (nSPS) is 22.4. The smallest absolute Gasteiger partial charge is 0.273 e. The highest BCUT2D eigenvalue weighted by molar-refractivity contribution is 7.12. The van der Waals surface area contributed by atoms with Gasteiger partial charge in [-0.1, -0.05) is 37.6 Å². The van der Waals surface area contributed by atoms with E-state index in [0.29, 0.717) is 61.7 Å². The fourth-order valence-electron chi connectivity index (χ4n) is 6.24. The average Bonchev–Trinajstić information content (AvgIpc) is 3.46. The number of benzene rings is 1. The molecule has 2 unspecified atom stereocenters. The predicted molar refractivity (Wildman–Crippen MR) is 148 cm³/mol. The van der Waals surface area contributed by atoms with Gasteiger partial charge in [-0.25, -0.2) is 0 Å². The summed E-state index contributed by atoms with van der Waals surface area (Å²) in [7, 11) is 0. The molecule has 2 bridgehead atoms. The summed E-state index contributed by atoms with van der Waals surface area (Å²) in [5.74, 6) is 1.25. The van der Waals surface area contributed by atoms with Crippen LogP contribution >= 0.6 is 11.3 Å². The Hall–Kier alpha value is -3.04. The molecule has 38 heavy (non-hydrogen) atoms. The van der Waals surface area contributed by atoms with Gasteiger partial charge in [-0.15, -0.1) is 11.3 Å². The maximum absolute atomic E-state index is 13.4. The zero-order valence-corrected chi connectivity index (χ0v) is 23.2. The van der Waals surface area contributed by atoms with E-state index in [-0.39, 0.29) is 17.5 Å². The number of fused-ring (bicyclic) bond motifs is 1. The van der Waals surface area contributed by atoms with Crippen LogP contribution in [0.2, 0.25) is 0 Å². The molecule has 1 aliphatic heterocycles. The zero-order valence-electron chi connectivity index (χ0n) is 22.4. The molecule has 4 aliphatic rings. The van der Waals surface area contributed by atoms with Crippen molar-refractivity contribution >= 4 is 28.8 Å². The van der Waals surface area contributed by atoms with Crippen LogP contribution in [0.15, 0.2) is 47.4 Å². The van der Waals surface area contributed by atoms with Crippen LogP contribution in [0.3, 0.4) is 0 Å². The van der Waals surface area contributed by atoms with Crippen LogP contribution in [0.1, 0.15) is 52.3 Å². The van der Waals surface area contributed by atoms with Crippen molar-refractivity contribution < 1.29 is 14.5 Å². The highest BCUT2D eigenvalue weighted by atomic mass is 32.1. The monoisotopic (exact) mass is 536 g/mol. The zero-order chi connectivity index (χ0) is 27.0. The first kappa shape index (κ1) is 26.6. The fourth-order valence-corrected chi connectivity index (χ4v) is 6.93. The van der Waals surface area contributed by atoms with Gasteiger partial charge < -0.3 is 9.80 Å². The van der Waals surface area contributed by atoms with Gasteiger partial charge in [-0.3, -0.25) is 24.6 Å². The molecule has 1 aromatic heterocycles. The summed E-state index contributed by atoms with van der Waals surface area (Å²) in [5, 5.41) is 13.2. The third kappa shape index (κ3) is 5.14. The molecule has 0 radical (unpaired) electrons. The summed E-state index contributed by atoms with van der Waals surface area (Å²) in [5.41, 5.74) is 2.60. The Labute approximate surface area is 228 Å². The molecule has 0 spiro atoms. The van der Waals surface area contributed by atoms with E-state index in [9.17, 15) is 19.7 Å². The number of nitrogens with zero attached hydrogens (tertiary/aromatic N) is 4. The highest BCUT2D eigenvalue weighted by Gasteiger charge is 2.51. The van der Waals surface area contributed by atoms with Crippen LogP contribution in [-0.2, 0) is 0 Å². The minimum absolute atomic E-state index is 0.0288. The molecule has 2 atom stereocenters. The van der Waals surface area contributed by atoms with Crippen molar-refractivity contribution in [3.63, 3.8) is 0 Å². The second-order valence-electron chi connectivity index (χ2n) is 11.4. The van der Waals surface area contributed by atoms with E-state index < -0.39 is 4.92 Å². The largest absolute Gasteiger partial charge is 0.336 e. The highest BCUT2D eigenvalue weighted by Crippen LogP contribution is 2.59. The number of carbonyl (C=O) groups excluding carboxylic acids is 2. The first-order valence-corrected chi connectivity index (χ1v) is 14.3. The van der Waals surface area contributed by atoms with Crippen molar-refractivity contribution in [1.82, 2.24) is 14.7 Å². The van der Waals surface area contributed by atoms with E-state index in [2.05, 4.69) is 24.8 Å². The van der Waals surface area contributed by atoms with Gasteiger partial charge in [0.05, 0.1) is 9.80 Å². The standard InChI is InChI=1S/C29H36N4O4S/c1-20-6-7-21(17-25(20)33(36)37)27(34)31-13-10-30(11-14-31)12-15-32(28(35)26-5-4-16-38-26)19-22-8-9-23-18-24(22)29(23,2)3/h4-8,16-17,23-24H,9-15,18-19H2,1-3H3. The Kier molecular flexibility index (Phi) is 7.42. The number of hydrogen-bond acceptors (Lipinski definition) is 6. The molecule has 0 N–H and O–H groups in total. The second-order valence-corrected chi connectivity index (χ2v) is 12.4. The Balaban J connectivity index is 1.19. The molecule has 8 nitrogen and oxygen atoms in total. The summed E-state index contributed by atoms with van der Waals surface area (Å²) in [4.78, 5) is 44.1. The minimum Gasteiger partial charge on any atom is -0.336 e. The first-order chi connectivity index (χ1) is 18.1.